The van der Waals surface area contributed by atoms with E-state index in [1.807, 2.05) is 30.2 Å². The summed E-state index contributed by atoms with van der Waals surface area (Å²) in [5.74, 6) is 0.768. The van der Waals surface area contributed by atoms with Gasteiger partial charge in [-0.25, -0.2) is 9.78 Å². The lowest BCUT2D eigenvalue weighted by Crippen LogP contribution is -2.39. The van der Waals surface area contributed by atoms with Crippen molar-refractivity contribution >= 4 is 17.4 Å². The third kappa shape index (κ3) is 3.07. The van der Waals surface area contributed by atoms with Crippen molar-refractivity contribution in [1.29, 1.82) is 0 Å². The summed E-state index contributed by atoms with van der Waals surface area (Å²) in [6.07, 6.45) is 1.89. The lowest BCUT2D eigenvalue weighted by atomic mass is 10.1. The topological polar surface area (TPSA) is 71.3 Å². The van der Waals surface area contributed by atoms with Gasteiger partial charge >= 0.3 is 6.03 Å². The van der Waals surface area contributed by atoms with E-state index in [4.69, 9.17) is 4.52 Å². The Labute approximate surface area is 127 Å². The maximum atomic E-state index is 12.3. The maximum Gasteiger partial charge on any atom is 0.318 e. The molecular formula is C14H18N4O2S. The molecule has 2 aromatic rings. The first-order chi connectivity index (χ1) is 10.1. The third-order valence-electron chi connectivity index (χ3n) is 3.58. The van der Waals surface area contributed by atoms with Crippen molar-refractivity contribution in [2.75, 3.05) is 6.54 Å². The zero-order chi connectivity index (χ0) is 14.8. The van der Waals surface area contributed by atoms with E-state index in [0.29, 0.717) is 6.54 Å². The Hall–Kier alpha value is -1.89. The number of aromatic nitrogens is 2. The molecule has 1 N–H and O–H groups in total. The molecule has 6 nitrogen and oxygen atoms in total. The van der Waals surface area contributed by atoms with Gasteiger partial charge in [-0.1, -0.05) is 5.16 Å². The Balaban J connectivity index is 1.63. The molecule has 0 aliphatic carbocycles. The lowest BCUT2D eigenvalue weighted by molar-refractivity contribution is 0.182. The number of nitrogens with zero attached hydrogens (tertiary/aromatic N) is 3. The van der Waals surface area contributed by atoms with Crippen LogP contribution in [0.5, 0.6) is 0 Å². The first-order valence-corrected chi connectivity index (χ1v) is 7.90. The molecular weight excluding hydrogens is 288 g/mol. The van der Waals surface area contributed by atoms with E-state index in [1.165, 1.54) is 0 Å². The number of aryl methyl sites for hydroxylation is 2. The molecule has 0 bridgehead atoms. The van der Waals surface area contributed by atoms with Gasteiger partial charge in [0.15, 0.2) is 5.76 Å². The molecule has 0 unspecified atom stereocenters. The maximum absolute atomic E-state index is 12.3. The van der Waals surface area contributed by atoms with Crippen LogP contribution < -0.4 is 5.32 Å². The second-order valence-electron chi connectivity index (χ2n) is 5.24. The predicted octanol–water partition coefficient (Wildman–Crippen LogP) is 2.79. The largest absolute Gasteiger partial charge is 0.359 e. The van der Waals surface area contributed by atoms with Crippen LogP contribution in [0.15, 0.2) is 16.0 Å². The molecule has 112 valence electrons. The van der Waals surface area contributed by atoms with Crippen LogP contribution in [-0.2, 0) is 6.54 Å². The molecule has 7 heteroatoms. The zero-order valence-electron chi connectivity index (χ0n) is 12.1. The fourth-order valence-electron chi connectivity index (χ4n) is 2.60. The second kappa shape index (κ2) is 5.85. The SMILES string of the molecule is Cc1cc([C@H]2CCCN2C(=O)NCc2csc(C)n2)on1. The highest BCUT2D eigenvalue weighted by molar-refractivity contribution is 7.09. The van der Waals surface area contributed by atoms with Crippen molar-refractivity contribution in [3.05, 3.63) is 33.6 Å². The van der Waals surface area contributed by atoms with Crippen LogP contribution >= 0.6 is 11.3 Å². The van der Waals surface area contributed by atoms with Gasteiger partial charge in [0.25, 0.3) is 0 Å². The molecule has 1 atom stereocenters. The molecule has 21 heavy (non-hydrogen) atoms. The average Bonchev–Trinajstić information content (AvgIpc) is 3.16. The van der Waals surface area contributed by atoms with Crippen LogP contribution in [0.1, 0.15) is 41.0 Å². The Morgan fingerprint density at radius 3 is 3.10 bits per heavy atom. The molecule has 0 radical (unpaired) electrons. The molecule has 1 fully saturated rings. The van der Waals surface area contributed by atoms with Crippen LogP contribution in [0.2, 0.25) is 0 Å². The standard InChI is InChI=1S/C14H18N4O2S/c1-9-6-13(20-17-9)12-4-3-5-18(12)14(19)15-7-11-8-21-10(2)16-11/h6,8,12H,3-5,7H2,1-2H3,(H,15,19)/t12-/m1/s1. The number of hydrogen-bond donors (Lipinski definition) is 1. The van der Waals surface area contributed by atoms with Crippen molar-refractivity contribution in [3.8, 4) is 0 Å². The van der Waals surface area contributed by atoms with Gasteiger partial charge in [0.2, 0.25) is 0 Å². The summed E-state index contributed by atoms with van der Waals surface area (Å²) in [7, 11) is 0. The first-order valence-electron chi connectivity index (χ1n) is 7.02. The molecule has 1 aliphatic rings. The number of thiazole rings is 1. The highest BCUT2D eigenvalue weighted by Gasteiger charge is 2.32. The van der Waals surface area contributed by atoms with Crippen LogP contribution in [0, 0.1) is 13.8 Å². The van der Waals surface area contributed by atoms with E-state index in [0.717, 1.165) is 41.5 Å². The molecule has 3 rings (SSSR count). The minimum atomic E-state index is -0.0720. The molecule has 2 amide bonds. The van der Waals surface area contributed by atoms with Crippen molar-refractivity contribution < 1.29 is 9.32 Å². The van der Waals surface area contributed by atoms with Crippen LogP contribution in [0.3, 0.4) is 0 Å². The highest BCUT2D eigenvalue weighted by Crippen LogP contribution is 2.32. The summed E-state index contributed by atoms with van der Waals surface area (Å²) < 4.78 is 5.31. The van der Waals surface area contributed by atoms with E-state index >= 15 is 0 Å². The Morgan fingerprint density at radius 2 is 2.43 bits per heavy atom. The van der Waals surface area contributed by atoms with Gasteiger partial charge in [0.05, 0.1) is 29.0 Å². The van der Waals surface area contributed by atoms with E-state index in [9.17, 15) is 4.79 Å². The fourth-order valence-corrected chi connectivity index (χ4v) is 3.22. The zero-order valence-corrected chi connectivity index (χ0v) is 12.9. The number of hydrogen-bond acceptors (Lipinski definition) is 5. The van der Waals surface area contributed by atoms with Crippen LogP contribution in [-0.4, -0.2) is 27.6 Å². The minimum absolute atomic E-state index is 0.0108. The number of nitrogens with one attached hydrogen (secondary N) is 1. The molecule has 0 aromatic carbocycles. The van der Waals surface area contributed by atoms with E-state index in [1.54, 1.807) is 11.3 Å². The lowest BCUT2D eigenvalue weighted by Gasteiger charge is -2.22. The summed E-state index contributed by atoms with van der Waals surface area (Å²) in [5.41, 5.74) is 1.74. The summed E-state index contributed by atoms with van der Waals surface area (Å²) >= 11 is 1.59. The van der Waals surface area contributed by atoms with E-state index in [-0.39, 0.29) is 12.1 Å². The highest BCUT2D eigenvalue weighted by atomic mass is 32.1. The molecule has 0 saturated carbocycles. The van der Waals surface area contributed by atoms with Gasteiger partial charge in [-0.15, -0.1) is 11.3 Å². The summed E-state index contributed by atoms with van der Waals surface area (Å²) in [4.78, 5) is 18.5. The van der Waals surface area contributed by atoms with Gasteiger partial charge in [-0.2, -0.15) is 0 Å². The average molecular weight is 306 g/mol. The van der Waals surface area contributed by atoms with Gasteiger partial charge in [-0.05, 0) is 26.7 Å². The summed E-state index contributed by atoms with van der Waals surface area (Å²) in [5, 5.41) is 9.82. The minimum Gasteiger partial charge on any atom is -0.359 e. The molecule has 1 saturated heterocycles. The van der Waals surface area contributed by atoms with Gasteiger partial charge in [0, 0.05) is 18.0 Å². The van der Waals surface area contributed by atoms with E-state index < -0.39 is 0 Å². The van der Waals surface area contributed by atoms with Crippen LogP contribution in [0.25, 0.3) is 0 Å². The molecule has 2 aromatic heterocycles. The van der Waals surface area contributed by atoms with Crippen molar-refractivity contribution in [2.45, 2.75) is 39.3 Å². The Morgan fingerprint density at radius 1 is 1.57 bits per heavy atom. The second-order valence-corrected chi connectivity index (χ2v) is 6.30. The number of carbonyl (C=O) groups excluding carboxylic acids is 1. The molecule has 3 heterocycles. The van der Waals surface area contributed by atoms with Gasteiger partial charge in [-0.3, -0.25) is 0 Å². The Kier molecular flexibility index (Phi) is 3.92. The van der Waals surface area contributed by atoms with Crippen molar-refractivity contribution in [1.82, 2.24) is 20.4 Å². The number of carbonyl (C=O) groups is 1. The summed E-state index contributed by atoms with van der Waals surface area (Å²) in [6, 6.07) is 1.82. The number of rotatable bonds is 3. The summed E-state index contributed by atoms with van der Waals surface area (Å²) in [6.45, 7) is 5.05. The van der Waals surface area contributed by atoms with Gasteiger partial charge < -0.3 is 14.7 Å². The smallest absolute Gasteiger partial charge is 0.318 e. The predicted molar refractivity (Wildman–Crippen MR) is 79.0 cm³/mol. The number of amides is 2. The monoisotopic (exact) mass is 306 g/mol. The van der Waals surface area contributed by atoms with Crippen molar-refractivity contribution in [2.24, 2.45) is 0 Å². The quantitative estimate of drug-likeness (QED) is 0.946. The Bertz CT molecular complexity index is 636. The van der Waals surface area contributed by atoms with E-state index in [2.05, 4.69) is 15.5 Å². The van der Waals surface area contributed by atoms with Crippen molar-refractivity contribution in [3.63, 3.8) is 0 Å². The first kappa shape index (κ1) is 14.1. The number of likely N-dealkylation sites (tertiary alicyclic amines) is 1. The normalized spacial score (nSPS) is 18.2. The third-order valence-corrected chi connectivity index (χ3v) is 4.40. The van der Waals surface area contributed by atoms with Crippen LogP contribution in [0.4, 0.5) is 4.79 Å². The number of urea groups is 1. The fraction of sp³-hybridized carbons (Fsp3) is 0.500. The molecule has 1 aliphatic heterocycles. The molecule has 0 spiro atoms. The van der Waals surface area contributed by atoms with Gasteiger partial charge in [0.1, 0.15) is 0 Å².